The van der Waals surface area contributed by atoms with Crippen LogP contribution in [-0.2, 0) is 21.2 Å². The van der Waals surface area contributed by atoms with E-state index >= 15 is 0 Å². The van der Waals surface area contributed by atoms with E-state index in [-0.39, 0.29) is 5.91 Å². The van der Waals surface area contributed by atoms with Crippen LogP contribution in [0.25, 0.3) is 6.08 Å². The van der Waals surface area contributed by atoms with Gasteiger partial charge in [0.05, 0.1) is 13.4 Å². The molecule has 0 saturated heterocycles. The lowest BCUT2D eigenvalue weighted by atomic mass is 10.1. The molecule has 0 aliphatic rings. The molecule has 138 valence electrons. The Balaban J connectivity index is 1.83. The Morgan fingerprint density at radius 3 is 2.46 bits per heavy atom. The van der Waals surface area contributed by atoms with Gasteiger partial charge in [0.15, 0.2) is 0 Å². The van der Waals surface area contributed by atoms with Gasteiger partial charge in [-0.15, -0.1) is 0 Å². The third-order valence-corrected chi connectivity index (χ3v) is 4.13. The minimum Gasteiger partial charge on any atom is -0.496 e. The van der Waals surface area contributed by atoms with Crippen molar-refractivity contribution in [2.75, 3.05) is 24.6 Å². The van der Waals surface area contributed by atoms with Gasteiger partial charge in [0.2, 0.25) is 15.9 Å². The van der Waals surface area contributed by atoms with Crippen molar-refractivity contribution < 1.29 is 17.9 Å². The Morgan fingerprint density at radius 2 is 1.81 bits per heavy atom. The highest BCUT2D eigenvalue weighted by Crippen LogP contribution is 2.17. The molecule has 0 fully saturated rings. The molecular formula is C19H22N2O4S. The molecule has 0 saturated carbocycles. The number of benzene rings is 2. The molecule has 0 aliphatic carbocycles. The fraction of sp³-hybridized carbons (Fsp3) is 0.211. The number of carbonyl (C=O) groups is 1. The summed E-state index contributed by atoms with van der Waals surface area (Å²) in [5.41, 5.74) is 2.31. The molecule has 0 radical (unpaired) electrons. The molecule has 1 amide bonds. The van der Waals surface area contributed by atoms with E-state index in [1.807, 2.05) is 24.3 Å². The van der Waals surface area contributed by atoms with Crippen LogP contribution in [0.1, 0.15) is 11.1 Å². The summed E-state index contributed by atoms with van der Waals surface area (Å²) in [6, 6.07) is 14.4. The van der Waals surface area contributed by atoms with Gasteiger partial charge in [0, 0.05) is 18.3 Å². The van der Waals surface area contributed by atoms with Crippen LogP contribution in [0.2, 0.25) is 0 Å². The van der Waals surface area contributed by atoms with Gasteiger partial charge < -0.3 is 10.1 Å². The average Bonchev–Trinajstić information content (AvgIpc) is 2.60. The second-order valence-electron chi connectivity index (χ2n) is 5.68. The van der Waals surface area contributed by atoms with Crippen molar-refractivity contribution in [1.29, 1.82) is 0 Å². The molecule has 0 unspecified atom stereocenters. The van der Waals surface area contributed by atoms with Crippen LogP contribution < -0.4 is 14.8 Å². The summed E-state index contributed by atoms with van der Waals surface area (Å²) in [5.74, 6) is 0.610. The Labute approximate surface area is 153 Å². The molecule has 0 spiro atoms. The molecule has 0 bridgehead atoms. The first-order chi connectivity index (χ1) is 12.4. The second-order valence-corrected chi connectivity index (χ2v) is 7.43. The molecule has 0 atom stereocenters. The molecule has 2 rings (SSSR count). The topological polar surface area (TPSA) is 84.5 Å². The van der Waals surface area contributed by atoms with Gasteiger partial charge in [-0.1, -0.05) is 30.3 Å². The summed E-state index contributed by atoms with van der Waals surface area (Å²) in [5, 5.41) is 2.82. The number of amides is 1. The number of methoxy groups -OCH3 is 1. The number of carbonyl (C=O) groups excluding carboxylic acids is 1. The van der Waals surface area contributed by atoms with Crippen LogP contribution in [0, 0.1) is 0 Å². The molecule has 2 aromatic rings. The van der Waals surface area contributed by atoms with Crippen LogP contribution in [0.5, 0.6) is 5.75 Å². The van der Waals surface area contributed by atoms with Gasteiger partial charge in [-0.25, -0.2) is 8.42 Å². The molecule has 0 heterocycles. The molecule has 7 heteroatoms. The first kappa shape index (κ1) is 19.5. The summed E-state index contributed by atoms with van der Waals surface area (Å²) in [7, 11) is -1.67. The van der Waals surface area contributed by atoms with Crippen molar-refractivity contribution in [3.05, 3.63) is 65.7 Å². The van der Waals surface area contributed by atoms with Crippen LogP contribution >= 0.6 is 0 Å². The van der Waals surface area contributed by atoms with Crippen molar-refractivity contribution in [1.82, 2.24) is 5.32 Å². The Kier molecular flexibility index (Phi) is 6.80. The van der Waals surface area contributed by atoms with Crippen molar-refractivity contribution >= 4 is 27.7 Å². The van der Waals surface area contributed by atoms with E-state index < -0.39 is 10.0 Å². The Morgan fingerprint density at radius 1 is 1.12 bits per heavy atom. The third-order valence-electron chi connectivity index (χ3n) is 3.53. The molecule has 0 aliphatic heterocycles. The highest BCUT2D eigenvalue weighted by atomic mass is 32.2. The number of para-hydroxylation sites is 1. The zero-order chi connectivity index (χ0) is 19.0. The molecule has 0 aromatic heterocycles. The van der Waals surface area contributed by atoms with E-state index in [0.29, 0.717) is 18.7 Å². The first-order valence-electron chi connectivity index (χ1n) is 8.03. The highest BCUT2D eigenvalue weighted by molar-refractivity contribution is 7.92. The average molecular weight is 374 g/mol. The molecule has 6 nitrogen and oxygen atoms in total. The molecule has 26 heavy (non-hydrogen) atoms. The summed E-state index contributed by atoms with van der Waals surface area (Å²) in [6.45, 7) is 0.501. The van der Waals surface area contributed by atoms with Gasteiger partial charge in [0.25, 0.3) is 0 Å². The standard InChI is InChI=1S/C19H22N2O4S/c1-25-18-6-4-3-5-16(18)13-14-20-19(22)12-9-15-7-10-17(11-8-15)21-26(2,23)24/h3-12,21H,13-14H2,1-2H3,(H,20,22)/b12-9+. The van der Waals surface area contributed by atoms with E-state index in [1.165, 1.54) is 6.08 Å². The van der Waals surface area contributed by atoms with Gasteiger partial charge >= 0.3 is 0 Å². The van der Waals surface area contributed by atoms with E-state index in [4.69, 9.17) is 4.74 Å². The SMILES string of the molecule is COc1ccccc1CCNC(=O)/C=C/c1ccc(NS(C)(=O)=O)cc1. The number of hydrogen-bond donors (Lipinski definition) is 2. The van der Waals surface area contributed by atoms with Crippen LogP contribution in [0.4, 0.5) is 5.69 Å². The predicted molar refractivity (Wildman–Crippen MR) is 104 cm³/mol. The fourth-order valence-corrected chi connectivity index (χ4v) is 2.90. The zero-order valence-corrected chi connectivity index (χ0v) is 15.5. The monoisotopic (exact) mass is 374 g/mol. The van der Waals surface area contributed by atoms with Crippen molar-refractivity contribution in [2.45, 2.75) is 6.42 Å². The highest BCUT2D eigenvalue weighted by Gasteiger charge is 2.03. The van der Waals surface area contributed by atoms with Gasteiger partial charge in [-0.2, -0.15) is 0 Å². The summed E-state index contributed by atoms with van der Waals surface area (Å²) < 4.78 is 30.0. The number of rotatable bonds is 8. The van der Waals surface area contributed by atoms with Gasteiger partial charge in [-0.3, -0.25) is 9.52 Å². The Hall–Kier alpha value is -2.80. The van der Waals surface area contributed by atoms with Crippen molar-refractivity contribution in [2.24, 2.45) is 0 Å². The maximum Gasteiger partial charge on any atom is 0.244 e. The largest absolute Gasteiger partial charge is 0.496 e. The lowest BCUT2D eigenvalue weighted by Gasteiger charge is -2.08. The second kappa shape index (κ2) is 9.05. The minimum atomic E-state index is -3.30. The zero-order valence-electron chi connectivity index (χ0n) is 14.7. The van der Waals surface area contributed by atoms with E-state index in [2.05, 4.69) is 10.0 Å². The quantitative estimate of drug-likeness (QED) is 0.695. The number of hydrogen-bond acceptors (Lipinski definition) is 4. The normalized spacial score (nSPS) is 11.3. The smallest absolute Gasteiger partial charge is 0.244 e. The van der Waals surface area contributed by atoms with Crippen LogP contribution in [0.3, 0.4) is 0 Å². The first-order valence-corrected chi connectivity index (χ1v) is 9.92. The summed E-state index contributed by atoms with van der Waals surface area (Å²) >= 11 is 0. The van der Waals surface area contributed by atoms with Crippen LogP contribution in [-0.4, -0.2) is 34.2 Å². The van der Waals surface area contributed by atoms with E-state index in [1.54, 1.807) is 37.5 Å². The third kappa shape index (κ3) is 6.60. The Bertz CT molecular complexity index is 875. The van der Waals surface area contributed by atoms with Crippen molar-refractivity contribution in [3.8, 4) is 5.75 Å². The summed E-state index contributed by atoms with van der Waals surface area (Å²) in [6.07, 6.45) is 4.88. The number of sulfonamides is 1. The predicted octanol–water partition coefficient (Wildman–Crippen LogP) is 2.44. The molecular weight excluding hydrogens is 352 g/mol. The van der Waals surface area contributed by atoms with Gasteiger partial charge in [-0.05, 0) is 41.8 Å². The van der Waals surface area contributed by atoms with Crippen molar-refractivity contribution in [3.63, 3.8) is 0 Å². The minimum absolute atomic E-state index is 0.196. The summed E-state index contributed by atoms with van der Waals surface area (Å²) in [4.78, 5) is 11.9. The molecule has 2 aromatic carbocycles. The number of ether oxygens (including phenoxy) is 1. The fourth-order valence-electron chi connectivity index (χ4n) is 2.34. The molecule has 2 N–H and O–H groups in total. The van der Waals surface area contributed by atoms with Crippen LogP contribution in [0.15, 0.2) is 54.6 Å². The van der Waals surface area contributed by atoms with E-state index in [0.717, 1.165) is 23.1 Å². The lowest BCUT2D eigenvalue weighted by molar-refractivity contribution is -0.116. The maximum absolute atomic E-state index is 11.9. The number of anilines is 1. The van der Waals surface area contributed by atoms with E-state index in [9.17, 15) is 13.2 Å². The maximum atomic E-state index is 11.9. The lowest BCUT2D eigenvalue weighted by Crippen LogP contribution is -2.23. The van der Waals surface area contributed by atoms with Gasteiger partial charge in [0.1, 0.15) is 5.75 Å². The number of nitrogens with one attached hydrogen (secondary N) is 2.